The number of H-pyrrole nitrogens is 1. The van der Waals surface area contributed by atoms with Gasteiger partial charge in [0.05, 0.1) is 16.5 Å². The van der Waals surface area contributed by atoms with Gasteiger partial charge >= 0.3 is 0 Å². The fraction of sp³-hybridized carbons (Fsp3) is 0.100. The van der Waals surface area contributed by atoms with Crippen molar-refractivity contribution in [1.82, 2.24) is 9.97 Å². The fourth-order valence-electron chi connectivity index (χ4n) is 1.35. The molecule has 0 atom stereocenters. The lowest BCUT2D eigenvalue weighted by Crippen LogP contribution is -1.86. The van der Waals surface area contributed by atoms with Gasteiger partial charge in [-0.2, -0.15) is 0 Å². The van der Waals surface area contributed by atoms with Crippen molar-refractivity contribution < 1.29 is 10.0 Å². The van der Waals surface area contributed by atoms with Crippen molar-refractivity contribution in [3.05, 3.63) is 34.1 Å². The number of aromatic amines is 1. The van der Waals surface area contributed by atoms with Gasteiger partial charge in [0.2, 0.25) is 0 Å². The highest BCUT2D eigenvalue weighted by Crippen LogP contribution is 2.23. The molecule has 0 bridgehead atoms. The average Bonchev–Trinajstić information content (AvgIpc) is 2.69. The first-order chi connectivity index (χ1) is 7.72. The van der Waals surface area contributed by atoms with Gasteiger partial charge < -0.3 is 10.1 Å². The lowest BCUT2D eigenvalue weighted by atomic mass is 10.2. The second-order valence-electron chi connectivity index (χ2n) is 3.01. The Bertz CT molecular complexity index is 607. The summed E-state index contributed by atoms with van der Waals surface area (Å²) in [5.74, 6) is 5.10. The van der Waals surface area contributed by atoms with Crippen molar-refractivity contribution in [2.75, 3.05) is 6.61 Å². The van der Waals surface area contributed by atoms with Crippen LogP contribution >= 0.6 is 0 Å². The molecule has 0 saturated heterocycles. The van der Waals surface area contributed by atoms with Crippen LogP contribution in [0.4, 0.5) is 5.69 Å². The molecule has 0 aliphatic heterocycles. The molecule has 2 N–H and O–H groups in total. The van der Waals surface area contributed by atoms with Crippen LogP contribution in [0.1, 0.15) is 5.56 Å². The van der Waals surface area contributed by atoms with Gasteiger partial charge in [0.15, 0.2) is 0 Å². The third-order valence-electron chi connectivity index (χ3n) is 2.02. The Hall–Kier alpha value is -2.39. The summed E-state index contributed by atoms with van der Waals surface area (Å²) in [6, 6.07) is 1.57. The highest BCUT2D eigenvalue weighted by Gasteiger charge is 2.14. The van der Waals surface area contributed by atoms with Crippen molar-refractivity contribution in [3.8, 4) is 11.8 Å². The molecule has 0 spiro atoms. The molecule has 2 aromatic rings. The average molecular weight is 217 g/mol. The first-order valence-electron chi connectivity index (χ1n) is 4.43. The fourth-order valence-corrected chi connectivity index (χ4v) is 1.35. The summed E-state index contributed by atoms with van der Waals surface area (Å²) in [5, 5.41) is 19.6. The van der Waals surface area contributed by atoms with Gasteiger partial charge in [-0.05, 0) is 6.07 Å². The minimum Gasteiger partial charge on any atom is -0.384 e. The molecule has 2 heterocycles. The largest absolute Gasteiger partial charge is 0.384 e. The summed E-state index contributed by atoms with van der Waals surface area (Å²) in [4.78, 5) is 16.9. The van der Waals surface area contributed by atoms with Gasteiger partial charge in [0.25, 0.3) is 5.69 Å². The van der Waals surface area contributed by atoms with Gasteiger partial charge in [-0.3, -0.25) is 10.1 Å². The van der Waals surface area contributed by atoms with Crippen molar-refractivity contribution in [3.63, 3.8) is 0 Å². The zero-order valence-corrected chi connectivity index (χ0v) is 8.10. The van der Waals surface area contributed by atoms with E-state index in [4.69, 9.17) is 5.11 Å². The minimum atomic E-state index is -0.482. The Labute approximate surface area is 90.1 Å². The van der Waals surface area contributed by atoms with Crippen LogP contribution in [-0.2, 0) is 0 Å². The summed E-state index contributed by atoms with van der Waals surface area (Å²) in [6.07, 6.45) is 2.78. The maximum absolute atomic E-state index is 10.7. The van der Waals surface area contributed by atoms with Crippen LogP contribution in [0, 0.1) is 22.0 Å². The van der Waals surface area contributed by atoms with E-state index in [0.717, 1.165) is 0 Å². The molecule has 16 heavy (non-hydrogen) atoms. The van der Waals surface area contributed by atoms with Crippen LogP contribution in [0.3, 0.4) is 0 Å². The number of aliphatic hydroxyl groups is 1. The summed E-state index contributed by atoms with van der Waals surface area (Å²) in [7, 11) is 0. The zero-order chi connectivity index (χ0) is 11.5. The molecule has 0 fully saturated rings. The van der Waals surface area contributed by atoms with E-state index >= 15 is 0 Å². The van der Waals surface area contributed by atoms with Gasteiger partial charge in [0, 0.05) is 11.8 Å². The smallest absolute Gasteiger partial charge is 0.296 e. The summed E-state index contributed by atoms with van der Waals surface area (Å²) < 4.78 is 0. The van der Waals surface area contributed by atoms with Gasteiger partial charge in [-0.25, -0.2) is 4.98 Å². The molecular weight excluding hydrogens is 210 g/mol. The third kappa shape index (κ3) is 1.71. The third-order valence-corrected chi connectivity index (χ3v) is 2.02. The number of rotatable bonds is 1. The van der Waals surface area contributed by atoms with Crippen molar-refractivity contribution >= 4 is 16.7 Å². The van der Waals surface area contributed by atoms with Crippen LogP contribution in [0.25, 0.3) is 11.0 Å². The van der Waals surface area contributed by atoms with E-state index in [9.17, 15) is 10.1 Å². The first kappa shape index (κ1) is 10.1. The molecule has 80 valence electrons. The maximum Gasteiger partial charge on any atom is 0.296 e. The Morgan fingerprint density at radius 2 is 2.44 bits per heavy atom. The van der Waals surface area contributed by atoms with Crippen molar-refractivity contribution in [2.45, 2.75) is 0 Å². The van der Waals surface area contributed by atoms with Gasteiger partial charge in [0.1, 0.15) is 12.3 Å². The molecule has 2 rings (SSSR count). The van der Waals surface area contributed by atoms with Crippen molar-refractivity contribution in [2.24, 2.45) is 0 Å². The van der Waals surface area contributed by atoms with Crippen LogP contribution in [0.15, 0.2) is 18.5 Å². The van der Waals surface area contributed by atoms with E-state index in [-0.39, 0.29) is 12.3 Å². The molecule has 0 aliphatic carbocycles. The van der Waals surface area contributed by atoms with Crippen LogP contribution in [0.5, 0.6) is 0 Å². The van der Waals surface area contributed by atoms with Crippen LogP contribution in [0.2, 0.25) is 0 Å². The van der Waals surface area contributed by atoms with E-state index in [1.165, 1.54) is 12.4 Å². The number of hydrogen-bond donors (Lipinski definition) is 2. The number of nitro groups is 1. The molecule has 0 saturated carbocycles. The predicted molar refractivity (Wildman–Crippen MR) is 56.7 cm³/mol. The molecule has 0 aromatic carbocycles. The number of aliphatic hydroxyl groups excluding tert-OH is 1. The van der Waals surface area contributed by atoms with E-state index in [1.807, 2.05) is 0 Å². The summed E-state index contributed by atoms with van der Waals surface area (Å²) >= 11 is 0. The Morgan fingerprint density at radius 3 is 3.12 bits per heavy atom. The molecular formula is C10H7N3O3. The minimum absolute atomic E-state index is 0.0323. The molecule has 6 nitrogen and oxygen atoms in total. The molecule has 0 unspecified atom stereocenters. The van der Waals surface area contributed by atoms with E-state index < -0.39 is 4.92 Å². The predicted octanol–water partition coefficient (Wildman–Crippen LogP) is 0.815. The lowest BCUT2D eigenvalue weighted by Gasteiger charge is -1.91. The number of nitrogens with zero attached hydrogens (tertiary/aromatic N) is 2. The Balaban J connectivity index is 2.58. The molecule has 2 aromatic heterocycles. The molecule has 6 heteroatoms. The van der Waals surface area contributed by atoms with E-state index in [2.05, 4.69) is 21.8 Å². The summed E-state index contributed by atoms with van der Waals surface area (Å²) in [6.45, 7) is -0.257. The van der Waals surface area contributed by atoms with Crippen LogP contribution in [-0.4, -0.2) is 26.6 Å². The number of aromatic nitrogens is 2. The van der Waals surface area contributed by atoms with E-state index in [1.54, 1.807) is 6.07 Å². The van der Waals surface area contributed by atoms with E-state index in [0.29, 0.717) is 16.6 Å². The Kier molecular flexibility index (Phi) is 2.54. The molecule has 0 radical (unpaired) electrons. The topological polar surface area (TPSA) is 92.0 Å². The zero-order valence-electron chi connectivity index (χ0n) is 8.10. The second-order valence-corrected chi connectivity index (χ2v) is 3.01. The SMILES string of the molecule is O=[N+]([O-])c1c[nH]c2ncc(C#CCO)cc12. The lowest BCUT2D eigenvalue weighted by molar-refractivity contribution is -0.383. The number of hydrogen-bond acceptors (Lipinski definition) is 4. The van der Waals surface area contributed by atoms with Crippen molar-refractivity contribution in [1.29, 1.82) is 0 Å². The normalized spacial score (nSPS) is 9.81. The monoisotopic (exact) mass is 217 g/mol. The molecule has 0 aliphatic rings. The standard InChI is InChI=1S/C10H7N3O3/c14-3-1-2-7-4-8-9(13(15)16)6-12-10(8)11-5-7/h4-6,14H,3H2,(H,11,12). The maximum atomic E-state index is 10.7. The number of nitrogens with one attached hydrogen (secondary N) is 1. The second kappa shape index (κ2) is 4.00. The Morgan fingerprint density at radius 1 is 1.62 bits per heavy atom. The first-order valence-corrected chi connectivity index (χ1v) is 4.43. The van der Waals surface area contributed by atoms with Gasteiger partial charge in [-0.15, -0.1) is 0 Å². The highest BCUT2D eigenvalue weighted by molar-refractivity contribution is 5.86. The van der Waals surface area contributed by atoms with Gasteiger partial charge in [-0.1, -0.05) is 11.8 Å². The quantitative estimate of drug-likeness (QED) is 0.420. The highest BCUT2D eigenvalue weighted by atomic mass is 16.6. The number of pyridine rings is 1. The number of fused-ring (bicyclic) bond motifs is 1. The van der Waals surface area contributed by atoms with Crippen LogP contribution < -0.4 is 0 Å². The molecule has 0 amide bonds. The summed E-state index contributed by atoms with van der Waals surface area (Å²) in [5.41, 5.74) is 0.945.